The quantitative estimate of drug-likeness (QED) is 0.0904. The highest BCUT2D eigenvalue weighted by molar-refractivity contribution is 5.96. The van der Waals surface area contributed by atoms with Crippen molar-refractivity contribution in [2.45, 2.75) is 89.0 Å². The number of hydrogen-bond donors (Lipinski definition) is 8. The van der Waals surface area contributed by atoms with Crippen molar-refractivity contribution in [2.75, 3.05) is 0 Å². The summed E-state index contributed by atoms with van der Waals surface area (Å²) in [4.78, 5) is 88.0. The van der Waals surface area contributed by atoms with Crippen LogP contribution in [0.4, 0.5) is 0 Å². The van der Waals surface area contributed by atoms with Crippen molar-refractivity contribution >= 4 is 41.5 Å². The molecule has 15 nitrogen and oxygen atoms in total. The Balaban J connectivity index is 2.32. The van der Waals surface area contributed by atoms with Crippen LogP contribution in [0, 0.1) is 5.92 Å². The average molecular weight is 684 g/mol. The average Bonchev–Trinajstić information content (AvgIpc) is 3.06. The van der Waals surface area contributed by atoms with E-state index in [0.29, 0.717) is 12.0 Å². The predicted molar refractivity (Wildman–Crippen MR) is 177 cm³/mol. The summed E-state index contributed by atoms with van der Waals surface area (Å²) in [5.41, 5.74) is 7.60. The second-order valence-corrected chi connectivity index (χ2v) is 11.7. The SMILES string of the molecule is CC[C@H](C)[C@H](NC(=O)[C@H](CCC(=O)O)NC(=O)[C@H](CCC(=O)O)NC(=O)[C@H](Cc1ccccc1)NC(=O)[C@@H](N)Cc1ccccc1)C(=O)O. The number of hydrogen-bond acceptors (Lipinski definition) is 8. The standard InChI is InChI=1S/C34H45N5O10/c1-3-20(2)29(34(48)49)39-32(46)25(15-17-28(42)43)36-31(45)24(14-16-27(40)41)37-33(47)26(19-22-12-8-5-9-13-22)38-30(44)23(35)18-21-10-6-4-7-11-21/h4-13,20,23-26,29H,3,14-19,35H2,1-2H3,(H,36,45)(H,37,47)(H,38,44)(H,39,46)(H,40,41)(H,42,43)(H,48,49)/t20-,23-,24-,25-,26-,29-/m0/s1. The number of amides is 4. The van der Waals surface area contributed by atoms with Crippen LogP contribution >= 0.6 is 0 Å². The summed E-state index contributed by atoms with van der Waals surface area (Å²) in [5, 5.41) is 37.9. The molecule has 2 aromatic carbocycles. The highest BCUT2D eigenvalue weighted by Gasteiger charge is 2.33. The largest absolute Gasteiger partial charge is 0.481 e. The van der Waals surface area contributed by atoms with E-state index in [1.807, 2.05) is 6.07 Å². The van der Waals surface area contributed by atoms with E-state index in [0.717, 1.165) is 5.56 Å². The molecular weight excluding hydrogens is 638 g/mol. The van der Waals surface area contributed by atoms with Crippen LogP contribution < -0.4 is 27.0 Å². The lowest BCUT2D eigenvalue weighted by Gasteiger charge is -2.27. The number of carbonyl (C=O) groups excluding carboxylic acids is 4. The molecule has 0 aliphatic heterocycles. The monoisotopic (exact) mass is 683 g/mol. The first-order valence-corrected chi connectivity index (χ1v) is 15.9. The van der Waals surface area contributed by atoms with Crippen molar-refractivity contribution in [1.82, 2.24) is 21.3 Å². The molecule has 0 fully saturated rings. The Morgan fingerprint density at radius 3 is 1.45 bits per heavy atom. The lowest BCUT2D eigenvalue weighted by atomic mass is 9.98. The molecule has 9 N–H and O–H groups in total. The fourth-order valence-corrected chi connectivity index (χ4v) is 4.85. The zero-order valence-corrected chi connectivity index (χ0v) is 27.5. The maximum atomic E-state index is 13.7. The molecular formula is C34H45N5O10. The molecule has 49 heavy (non-hydrogen) atoms. The summed E-state index contributed by atoms with van der Waals surface area (Å²) in [6.07, 6.45) is -1.44. The van der Waals surface area contributed by atoms with E-state index in [2.05, 4.69) is 21.3 Å². The van der Waals surface area contributed by atoms with Gasteiger partial charge in [0.05, 0.1) is 6.04 Å². The summed E-state index contributed by atoms with van der Waals surface area (Å²) in [7, 11) is 0. The summed E-state index contributed by atoms with van der Waals surface area (Å²) in [6.45, 7) is 3.32. The maximum Gasteiger partial charge on any atom is 0.326 e. The summed E-state index contributed by atoms with van der Waals surface area (Å²) in [5.74, 6) is -7.87. The van der Waals surface area contributed by atoms with E-state index in [1.165, 1.54) is 0 Å². The van der Waals surface area contributed by atoms with Gasteiger partial charge < -0.3 is 42.3 Å². The smallest absolute Gasteiger partial charge is 0.326 e. The first kappa shape index (κ1) is 39.9. The van der Waals surface area contributed by atoms with Gasteiger partial charge in [0, 0.05) is 19.3 Å². The van der Waals surface area contributed by atoms with E-state index in [4.69, 9.17) is 5.73 Å². The van der Waals surface area contributed by atoms with E-state index in [1.54, 1.807) is 68.4 Å². The maximum absolute atomic E-state index is 13.7. The summed E-state index contributed by atoms with van der Waals surface area (Å²) >= 11 is 0. The molecule has 4 amide bonds. The van der Waals surface area contributed by atoms with E-state index in [-0.39, 0.29) is 12.8 Å². The van der Waals surface area contributed by atoms with E-state index < -0.39 is 103 Å². The molecule has 2 aromatic rings. The van der Waals surface area contributed by atoms with Crippen LogP contribution in [0.5, 0.6) is 0 Å². The molecule has 0 aromatic heterocycles. The molecule has 15 heteroatoms. The third-order valence-corrected chi connectivity index (χ3v) is 7.89. The Labute approximate surface area is 284 Å². The van der Waals surface area contributed by atoms with Crippen LogP contribution in [0.25, 0.3) is 0 Å². The van der Waals surface area contributed by atoms with Crippen molar-refractivity contribution in [1.29, 1.82) is 0 Å². The highest BCUT2D eigenvalue weighted by Crippen LogP contribution is 2.11. The first-order valence-electron chi connectivity index (χ1n) is 15.9. The first-order chi connectivity index (χ1) is 23.2. The molecule has 0 aliphatic rings. The minimum absolute atomic E-state index is 0.0143. The van der Waals surface area contributed by atoms with Gasteiger partial charge in [-0.25, -0.2) is 4.79 Å². The number of nitrogens with two attached hydrogens (primary N) is 1. The van der Waals surface area contributed by atoms with Gasteiger partial charge in [0.1, 0.15) is 24.2 Å². The van der Waals surface area contributed by atoms with E-state index in [9.17, 15) is 48.9 Å². The number of nitrogens with one attached hydrogen (secondary N) is 4. The van der Waals surface area contributed by atoms with Crippen molar-refractivity contribution in [3.05, 3.63) is 71.8 Å². The third kappa shape index (κ3) is 14.1. The molecule has 0 spiro atoms. The van der Waals surface area contributed by atoms with Gasteiger partial charge in [-0.15, -0.1) is 0 Å². The van der Waals surface area contributed by atoms with Gasteiger partial charge in [-0.05, 0) is 36.3 Å². The zero-order chi connectivity index (χ0) is 36.5. The number of carbonyl (C=O) groups is 7. The van der Waals surface area contributed by atoms with Crippen LogP contribution in [-0.2, 0) is 46.4 Å². The Morgan fingerprint density at radius 1 is 0.612 bits per heavy atom. The number of carboxylic acids is 3. The lowest BCUT2D eigenvalue weighted by molar-refractivity contribution is -0.144. The highest BCUT2D eigenvalue weighted by atomic mass is 16.4. The topological polar surface area (TPSA) is 254 Å². The number of aliphatic carboxylic acids is 3. The Hall–Kier alpha value is -5.31. The zero-order valence-electron chi connectivity index (χ0n) is 27.5. The van der Waals surface area contributed by atoms with Crippen molar-refractivity contribution < 1.29 is 48.9 Å². The number of benzene rings is 2. The van der Waals surface area contributed by atoms with Gasteiger partial charge in [0.25, 0.3) is 0 Å². The fourth-order valence-electron chi connectivity index (χ4n) is 4.85. The van der Waals surface area contributed by atoms with Gasteiger partial charge in [-0.2, -0.15) is 0 Å². The molecule has 0 unspecified atom stereocenters. The molecule has 0 saturated heterocycles. The van der Waals surface area contributed by atoms with Gasteiger partial charge in [-0.1, -0.05) is 80.9 Å². The lowest BCUT2D eigenvalue weighted by Crippen LogP contribution is -2.59. The predicted octanol–water partition coefficient (Wildman–Crippen LogP) is 0.599. The van der Waals surface area contributed by atoms with Gasteiger partial charge in [0.2, 0.25) is 23.6 Å². The molecule has 0 saturated carbocycles. The molecule has 0 heterocycles. The number of rotatable bonds is 21. The Kier molecular flexibility index (Phi) is 16.4. The summed E-state index contributed by atoms with van der Waals surface area (Å²) < 4.78 is 0. The van der Waals surface area contributed by atoms with Gasteiger partial charge >= 0.3 is 17.9 Å². The van der Waals surface area contributed by atoms with Crippen LogP contribution in [0.3, 0.4) is 0 Å². The van der Waals surface area contributed by atoms with Gasteiger partial charge in [-0.3, -0.25) is 28.8 Å². The van der Waals surface area contributed by atoms with E-state index >= 15 is 0 Å². The van der Waals surface area contributed by atoms with Crippen molar-refractivity contribution in [3.8, 4) is 0 Å². The van der Waals surface area contributed by atoms with Crippen LogP contribution in [-0.4, -0.2) is 87.1 Å². The molecule has 6 atom stereocenters. The molecule has 266 valence electrons. The summed E-state index contributed by atoms with van der Waals surface area (Å²) in [6, 6.07) is 11.0. The second-order valence-electron chi connectivity index (χ2n) is 11.7. The second kappa shape index (κ2) is 20.1. The molecule has 0 radical (unpaired) electrons. The molecule has 2 rings (SSSR count). The number of carboxylic acid groups (broad SMARTS) is 3. The van der Waals surface area contributed by atoms with Gasteiger partial charge in [0.15, 0.2) is 0 Å². The molecule has 0 bridgehead atoms. The van der Waals surface area contributed by atoms with Crippen LogP contribution in [0.1, 0.15) is 57.1 Å². The van der Waals surface area contributed by atoms with Crippen LogP contribution in [0.2, 0.25) is 0 Å². The normalized spacial score (nSPS) is 14.5. The van der Waals surface area contributed by atoms with Crippen molar-refractivity contribution in [3.63, 3.8) is 0 Å². The fraction of sp³-hybridized carbons (Fsp3) is 0.441. The Bertz CT molecular complexity index is 1440. The Morgan fingerprint density at radius 2 is 1.02 bits per heavy atom. The molecule has 0 aliphatic carbocycles. The minimum atomic E-state index is -1.54. The van der Waals surface area contributed by atoms with Crippen molar-refractivity contribution in [2.24, 2.45) is 11.7 Å². The minimum Gasteiger partial charge on any atom is -0.481 e. The van der Waals surface area contributed by atoms with Crippen LogP contribution in [0.15, 0.2) is 60.7 Å². The third-order valence-electron chi connectivity index (χ3n) is 7.89.